The van der Waals surface area contributed by atoms with Crippen molar-refractivity contribution < 1.29 is 27.6 Å². The Bertz CT molecular complexity index is 1460. The van der Waals surface area contributed by atoms with Crippen molar-refractivity contribution >= 4 is 34.1 Å². The smallest absolute Gasteiger partial charge is 0.264 e. The number of pyridine rings is 1. The molecule has 12 heteroatoms. The van der Waals surface area contributed by atoms with Gasteiger partial charge in [-0.15, -0.1) is 0 Å². The summed E-state index contributed by atoms with van der Waals surface area (Å²) in [7, 11) is -2.44. The summed E-state index contributed by atoms with van der Waals surface area (Å²) in [6.07, 6.45) is 3.99. The van der Waals surface area contributed by atoms with E-state index >= 15 is 0 Å². The maximum Gasteiger partial charge on any atom is 0.264 e. The van der Waals surface area contributed by atoms with Gasteiger partial charge in [0, 0.05) is 32.5 Å². The number of aromatic hydroxyl groups is 1. The summed E-state index contributed by atoms with van der Waals surface area (Å²) in [6.45, 7) is 1.21. The van der Waals surface area contributed by atoms with Gasteiger partial charge in [0.25, 0.3) is 10.1 Å². The predicted octanol–water partition coefficient (Wildman–Crippen LogP) is 3.78. The molecule has 2 aromatic heterocycles. The molecule has 1 aliphatic heterocycles. The van der Waals surface area contributed by atoms with Gasteiger partial charge in [0.15, 0.2) is 10.5 Å². The van der Waals surface area contributed by atoms with Gasteiger partial charge in [-0.05, 0) is 49.3 Å². The van der Waals surface area contributed by atoms with E-state index in [1.54, 1.807) is 42.1 Å². The van der Waals surface area contributed by atoms with Crippen molar-refractivity contribution in [3.63, 3.8) is 0 Å². The first kappa shape index (κ1) is 25.7. The van der Waals surface area contributed by atoms with Crippen molar-refractivity contribution in [3.05, 3.63) is 70.7 Å². The number of imidazole rings is 1. The van der Waals surface area contributed by atoms with Crippen molar-refractivity contribution in [2.45, 2.75) is 19.4 Å². The third kappa shape index (κ3) is 5.69. The third-order valence-electron chi connectivity index (χ3n) is 5.53. The van der Waals surface area contributed by atoms with Crippen LogP contribution in [0.25, 0.3) is 11.9 Å². The second kappa shape index (κ2) is 11.1. The van der Waals surface area contributed by atoms with Gasteiger partial charge in [0.2, 0.25) is 11.8 Å². The van der Waals surface area contributed by atoms with Gasteiger partial charge >= 0.3 is 0 Å². The minimum Gasteiger partial charge on any atom is -0.493 e. The zero-order chi connectivity index (χ0) is 25.7. The van der Waals surface area contributed by atoms with Gasteiger partial charge in [0.05, 0.1) is 18.0 Å². The molecule has 0 radical (unpaired) electrons. The quantitative estimate of drug-likeness (QED) is 0.175. The number of anilines is 1. The lowest BCUT2D eigenvalue weighted by Gasteiger charge is -2.16. The Kier molecular flexibility index (Phi) is 7.92. The van der Waals surface area contributed by atoms with E-state index in [1.807, 2.05) is 29.2 Å². The summed E-state index contributed by atoms with van der Waals surface area (Å²) in [4.78, 5) is 6.17. The highest BCUT2D eigenvalue weighted by Gasteiger charge is 2.26. The molecule has 190 valence electrons. The average molecular weight is 531 g/mol. The lowest BCUT2D eigenvalue weighted by molar-refractivity contribution is 0.186. The van der Waals surface area contributed by atoms with Crippen LogP contribution in [0.1, 0.15) is 18.5 Å². The highest BCUT2D eigenvalue weighted by molar-refractivity contribution is 7.85. The van der Waals surface area contributed by atoms with Crippen LogP contribution in [0.15, 0.2) is 60.3 Å². The fourth-order valence-electron chi connectivity index (χ4n) is 3.83. The molecule has 0 amide bonds. The van der Waals surface area contributed by atoms with E-state index in [-0.39, 0.29) is 11.6 Å². The molecule has 2 N–H and O–H groups in total. The van der Waals surface area contributed by atoms with E-state index in [9.17, 15) is 13.5 Å². The molecular formula is C24H26N4O6S2. The van der Waals surface area contributed by atoms with Crippen LogP contribution >= 0.6 is 12.2 Å². The predicted molar refractivity (Wildman–Crippen MR) is 137 cm³/mol. The summed E-state index contributed by atoms with van der Waals surface area (Å²) in [5, 5.41) is 11.1. The van der Waals surface area contributed by atoms with Crippen LogP contribution in [0, 0.1) is 4.77 Å². The van der Waals surface area contributed by atoms with E-state index in [2.05, 4.69) is 10.7 Å². The Morgan fingerprint density at radius 3 is 2.67 bits per heavy atom. The first-order valence-corrected chi connectivity index (χ1v) is 13.2. The molecule has 0 bridgehead atoms. The Balaban J connectivity index is 1.72. The molecule has 0 saturated heterocycles. The number of para-hydroxylation sites is 2. The molecule has 0 aliphatic carbocycles. The minimum absolute atomic E-state index is 0.0990. The highest BCUT2D eigenvalue weighted by atomic mass is 32.2. The van der Waals surface area contributed by atoms with Crippen molar-refractivity contribution in [1.82, 2.24) is 14.1 Å². The second-order valence-electron chi connectivity index (χ2n) is 7.97. The maximum atomic E-state index is 11.1. The first-order valence-electron chi connectivity index (χ1n) is 11.2. The van der Waals surface area contributed by atoms with Crippen LogP contribution in [0.3, 0.4) is 0 Å². The van der Waals surface area contributed by atoms with Gasteiger partial charge in [0.1, 0.15) is 11.5 Å². The molecular weight excluding hydrogens is 504 g/mol. The molecule has 1 aliphatic rings. The van der Waals surface area contributed by atoms with E-state index in [0.29, 0.717) is 60.5 Å². The normalized spacial score (nSPS) is 12.8. The molecule has 0 spiro atoms. The second-order valence-corrected chi connectivity index (χ2v) is 9.90. The zero-order valence-electron chi connectivity index (χ0n) is 19.6. The number of fused-ring (bicyclic) bond motifs is 1. The standard InChI is InChI=1S/C24H26N4O6S2/c1-33-16-15-27-19(23(29)28(24(27)35)21-10-4-5-13-25-21)11-12-22-26(14-6-7-17-36(30,31)32)18-8-2-3-9-20(18)34-22/h2-5,8-11,13,29H,6-7,14-17H2,1H3,(H,30,31,32). The average Bonchev–Trinajstić information content (AvgIpc) is 3.32. The van der Waals surface area contributed by atoms with Crippen molar-refractivity contribution in [2.24, 2.45) is 0 Å². The van der Waals surface area contributed by atoms with Crippen LogP contribution in [-0.2, 0) is 21.4 Å². The summed E-state index contributed by atoms with van der Waals surface area (Å²) in [5.74, 6) is 1.09. The fraction of sp³-hybridized carbons (Fsp3) is 0.292. The van der Waals surface area contributed by atoms with Crippen molar-refractivity contribution in [3.8, 4) is 17.4 Å². The van der Waals surface area contributed by atoms with E-state index in [1.165, 1.54) is 4.57 Å². The number of aromatic nitrogens is 3. The number of hydrogen-bond acceptors (Lipinski definition) is 8. The Hall–Kier alpha value is -3.41. The van der Waals surface area contributed by atoms with Crippen LogP contribution in [0.5, 0.6) is 11.6 Å². The van der Waals surface area contributed by atoms with Crippen LogP contribution in [0.2, 0.25) is 0 Å². The number of ether oxygens (including phenoxy) is 2. The van der Waals surface area contributed by atoms with Crippen LogP contribution in [0.4, 0.5) is 5.69 Å². The molecule has 36 heavy (non-hydrogen) atoms. The molecule has 3 heterocycles. The highest BCUT2D eigenvalue weighted by Crippen LogP contribution is 2.38. The number of rotatable bonds is 10. The molecule has 0 saturated carbocycles. The van der Waals surface area contributed by atoms with Gasteiger partial charge < -0.3 is 24.0 Å². The SMILES string of the molecule is COCCn1c(C=C=C2Oc3ccccc3N2CCCCS(=O)(=O)O)c(O)n(-c2ccccn2)c1=S. The van der Waals surface area contributed by atoms with Gasteiger partial charge in [-0.3, -0.25) is 4.55 Å². The lowest BCUT2D eigenvalue weighted by Crippen LogP contribution is -2.21. The number of hydrogen-bond donors (Lipinski definition) is 2. The zero-order valence-corrected chi connectivity index (χ0v) is 21.2. The topological polar surface area (TPSA) is 119 Å². The van der Waals surface area contributed by atoms with Crippen molar-refractivity contribution in [2.75, 3.05) is 30.9 Å². The number of unbranched alkanes of at least 4 members (excludes halogenated alkanes) is 1. The van der Waals surface area contributed by atoms with E-state index in [4.69, 9.17) is 26.2 Å². The van der Waals surface area contributed by atoms with Crippen molar-refractivity contribution in [1.29, 1.82) is 0 Å². The largest absolute Gasteiger partial charge is 0.493 e. The molecule has 1 aromatic carbocycles. The Labute approximate surface area is 214 Å². The summed E-state index contributed by atoms with van der Waals surface area (Å²) in [5.41, 5.74) is 4.34. The molecule has 0 fully saturated rings. The van der Waals surface area contributed by atoms with Crippen LogP contribution < -0.4 is 9.64 Å². The molecule has 3 aromatic rings. The Morgan fingerprint density at radius 1 is 1.17 bits per heavy atom. The Morgan fingerprint density at radius 2 is 1.94 bits per heavy atom. The third-order valence-corrected chi connectivity index (χ3v) is 6.73. The van der Waals surface area contributed by atoms with Gasteiger partial charge in [-0.25, -0.2) is 9.55 Å². The molecule has 10 nitrogen and oxygen atoms in total. The lowest BCUT2D eigenvalue weighted by atomic mass is 10.2. The summed E-state index contributed by atoms with van der Waals surface area (Å²) >= 11 is 5.63. The number of nitrogens with zero attached hydrogens (tertiary/aromatic N) is 4. The van der Waals surface area contributed by atoms with Crippen LogP contribution in [-0.4, -0.2) is 58.2 Å². The maximum absolute atomic E-state index is 11.1. The molecule has 0 atom stereocenters. The van der Waals surface area contributed by atoms with E-state index in [0.717, 1.165) is 5.69 Å². The fourth-order valence-corrected chi connectivity index (χ4v) is 4.77. The van der Waals surface area contributed by atoms with Gasteiger partial charge in [-0.2, -0.15) is 8.42 Å². The molecule has 4 rings (SSSR count). The number of methoxy groups -OCH3 is 1. The summed E-state index contributed by atoms with van der Waals surface area (Å²) < 4.78 is 45.9. The monoisotopic (exact) mass is 530 g/mol. The van der Waals surface area contributed by atoms with Gasteiger partial charge in [-0.1, -0.05) is 23.9 Å². The first-order chi connectivity index (χ1) is 17.3. The molecule has 0 unspecified atom stereocenters. The number of benzene rings is 1. The van der Waals surface area contributed by atoms with E-state index < -0.39 is 10.1 Å². The summed E-state index contributed by atoms with van der Waals surface area (Å²) in [6, 6.07) is 12.8. The minimum atomic E-state index is -4.02.